The number of esters is 1. The van der Waals surface area contributed by atoms with E-state index in [-0.39, 0.29) is 18.5 Å². The summed E-state index contributed by atoms with van der Waals surface area (Å²) >= 11 is 5.80. The van der Waals surface area contributed by atoms with Gasteiger partial charge >= 0.3 is 5.97 Å². The monoisotopic (exact) mass is 304 g/mol. The van der Waals surface area contributed by atoms with E-state index in [1.54, 1.807) is 31.2 Å². The molecule has 0 bridgehead atoms. The maximum atomic E-state index is 11.8. The van der Waals surface area contributed by atoms with E-state index in [0.29, 0.717) is 17.4 Å². The van der Waals surface area contributed by atoms with Crippen LogP contribution in [0, 0.1) is 0 Å². The molecule has 0 spiro atoms. The third kappa shape index (κ3) is 5.48. The predicted molar refractivity (Wildman–Crippen MR) is 82.6 cm³/mol. The van der Waals surface area contributed by atoms with Gasteiger partial charge in [-0.25, -0.2) is 0 Å². The van der Waals surface area contributed by atoms with Crippen LogP contribution in [0.5, 0.6) is 5.75 Å². The summed E-state index contributed by atoms with van der Waals surface area (Å²) in [4.78, 5) is 11.8. The van der Waals surface area contributed by atoms with Crippen molar-refractivity contribution in [2.75, 3.05) is 6.61 Å². The van der Waals surface area contributed by atoms with Crippen molar-refractivity contribution < 1.29 is 14.3 Å². The minimum atomic E-state index is -0.308. The third-order valence-corrected chi connectivity index (χ3v) is 3.07. The Hall–Kier alpha value is -2.00. The average molecular weight is 305 g/mol. The highest BCUT2D eigenvalue weighted by Crippen LogP contribution is 2.15. The molecule has 0 aliphatic rings. The van der Waals surface area contributed by atoms with E-state index in [2.05, 4.69) is 0 Å². The first-order valence-corrected chi connectivity index (χ1v) is 7.13. The lowest BCUT2D eigenvalue weighted by Gasteiger charge is -2.14. The molecule has 0 aliphatic carbocycles. The van der Waals surface area contributed by atoms with Gasteiger partial charge in [0.05, 0.1) is 6.42 Å². The summed E-state index contributed by atoms with van der Waals surface area (Å²) in [5.41, 5.74) is 0.938. The smallest absolute Gasteiger partial charge is 0.310 e. The minimum Gasteiger partial charge on any atom is -0.490 e. The van der Waals surface area contributed by atoms with E-state index in [1.807, 2.05) is 30.3 Å². The van der Waals surface area contributed by atoms with Gasteiger partial charge in [0.1, 0.15) is 18.5 Å². The molecule has 0 N–H and O–H groups in total. The van der Waals surface area contributed by atoms with Gasteiger partial charge in [0.25, 0.3) is 0 Å². The van der Waals surface area contributed by atoms with Gasteiger partial charge in [-0.15, -0.1) is 0 Å². The molecule has 0 fully saturated rings. The molecule has 0 saturated carbocycles. The van der Waals surface area contributed by atoms with Gasteiger partial charge in [-0.2, -0.15) is 0 Å². The summed E-state index contributed by atoms with van der Waals surface area (Å²) in [5, 5.41) is 0.657. The molecular formula is C17H17ClO3. The first-order chi connectivity index (χ1) is 10.1. The van der Waals surface area contributed by atoms with Crippen LogP contribution in [0.25, 0.3) is 0 Å². The number of carbonyl (C=O) groups is 1. The van der Waals surface area contributed by atoms with Crippen LogP contribution in [0.3, 0.4) is 0 Å². The molecule has 0 radical (unpaired) electrons. The maximum absolute atomic E-state index is 11.8. The van der Waals surface area contributed by atoms with Gasteiger partial charge in [0, 0.05) is 5.02 Å². The van der Waals surface area contributed by atoms with Crippen molar-refractivity contribution in [3.63, 3.8) is 0 Å². The lowest BCUT2D eigenvalue weighted by Crippen LogP contribution is -2.23. The summed E-state index contributed by atoms with van der Waals surface area (Å²) < 4.78 is 10.8. The van der Waals surface area contributed by atoms with E-state index >= 15 is 0 Å². The van der Waals surface area contributed by atoms with Crippen LogP contribution >= 0.6 is 11.6 Å². The zero-order valence-corrected chi connectivity index (χ0v) is 12.5. The Morgan fingerprint density at radius 3 is 2.43 bits per heavy atom. The molecule has 21 heavy (non-hydrogen) atoms. The molecule has 2 rings (SSSR count). The summed E-state index contributed by atoms with van der Waals surface area (Å²) in [7, 11) is 0. The number of halogens is 1. The minimum absolute atomic E-state index is 0.256. The van der Waals surface area contributed by atoms with E-state index in [0.717, 1.165) is 5.56 Å². The van der Waals surface area contributed by atoms with Gasteiger partial charge in [-0.3, -0.25) is 4.79 Å². The molecule has 0 amide bonds. The Morgan fingerprint density at radius 2 is 1.76 bits per heavy atom. The van der Waals surface area contributed by atoms with E-state index < -0.39 is 0 Å². The third-order valence-electron chi connectivity index (χ3n) is 2.82. The molecule has 0 aromatic heterocycles. The summed E-state index contributed by atoms with van der Waals surface area (Å²) in [5.74, 6) is 0.443. The zero-order valence-electron chi connectivity index (χ0n) is 11.8. The number of hydrogen-bond donors (Lipinski definition) is 0. The molecular weight excluding hydrogens is 288 g/mol. The fraction of sp³-hybridized carbons (Fsp3) is 0.235. The van der Waals surface area contributed by atoms with Crippen molar-refractivity contribution in [3.05, 3.63) is 65.2 Å². The Morgan fingerprint density at radius 1 is 1.10 bits per heavy atom. The second kappa shape index (κ2) is 7.70. The van der Waals surface area contributed by atoms with Crippen molar-refractivity contribution in [2.45, 2.75) is 19.4 Å². The van der Waals surface area contributed by atoms with Crippen LogP contribution in [0.4, 0.5) is 0 Å². The zero-order chi connectivity index (χ0) is 15.1. The lowest BCUT2D eigenvalue weighted by atomic mass is 10.1. The second-order valence-electron chi connectivity index (χ2n) is 4.73. The van der Waals surface area contributed by atoms with Gasteiger partial charge in [-0.05, 0) is 36.8 Å². The normalized spacial score (nSPS) is 11.7. The SMILES string of the molecule is CC(COc1ccc(Cl)cc1)OC(=O)Cc1ccccc1. The molecule has 1 unspecified atom stereocenters. The van der Waals surface area contributed by atoms with E-state index in [4.69, 9.17) is 21.1 Å². The number of benzene rings is 2. The van der Waals surface area contributed by atoms with Crippen LogP contribution in [-0.4, -0.2) is 18.7 Å². The van der Waals surface area contributed by atoms with Gasteiger partial charge in [0.2, 0.25) is 0 Å². The predicted octanol–water partition coefficient (Wildman–Crippen LogP) is 3.89. The highest BCUT2D eigenvalue weighted by molar-refractivity contribution is 6.30. The standard InChI is InChI=1S/C17H17ClO3/c1-13(12-20-16-9-7-15(18)8-10-16)21-17(19)11-14-5-3-2-4-6-14/h2-10,13H,11-12H2,1H3. The first kappa shape index (κ1) is 15.4. The van der Waals surface area contributed by atoms with Gasteiger partial charge < -0.3 is 9.47 Å². The summed E-state index contributed by atoms with van der Waals surface area (Å²) in [6, 6.07) is 16.6. The molecule has 0 heterocycles. The summed E-state index contributed by atoms with van der Waals surface area (Å²) in [6.07, 6.45) is -0.0385. The van der Waals surface area contributed by atoms with Crippen molar-refractivity contribution >= 4 is 17.6 Å². The van der Waals surface area contributed by atoms with Crippen LogP contribution in [-0.2, 0) is 16.0 Å². The van der Waals surface area contributed by atoms with Crippen LogP contribution < -0.4 is 4.74 Å². The number of carbonyl (C=O) groups excluding carboxylic acids is 1. The molecule has 2 aromatic rings. The van der Waals surface area contributed by atoms with Crippen LogP contribution in [0.2, 0.25) is 5.02 Å². The second-order valence-corrected chi connectivity index (χ2v) is 5.16. The first-order valence-electron chi connectivity index (χ1n) is 6.75. The van der Waals surface area contributed by atoms with E-state index in [1.165, 1.54) is 0 Å². The van der Waals surface area contributed by atoms with Crippen molar-refractivity contribution in [3.8, 4) is 5.75 Å². The Kier molecular flexibility index (Phi) is 5.64. The van der Waals surface area contributed by atoms with E-state index in [9.17, 15) is 4.79 Å². The van der Waals surface area contributed by atoms with Crippen molar-refractivity contribution in [2.24, 2.45) is 0 Å². The van der Waals surface area contributed by atoms with Crippen LogP contribution in [0.1, 0.15) is 12.5 Å². The van der Waals surface area contributed by atoms with Crippen LogP contribution in [0.15, 0.2) is 54.6 Å². The van der Waals surface area contributed by atoms with Gasteiger partial charge in [0.15, 0.2) is 0 Å². The Bertz CT molecular complexity index is 566. The maximum Gasteiger partial charge on any atom is 0.310 e. The largest absolute Gasteiger partial charge is 0.490 e. The number of hydrogen-bond acceptors (Lipinski definition) is 3. The number of ether oxygens (including phenoxy) is 2. The fourth-order valence-corrected chi connectivity index (χ4v) is 1.93. The summed E-state index contributed by atoms with van der Waals surface area (Å²) in [6.45, 7) is 2.11. The quantitative estimate of drug-likeness (QED) is 0.759. The van der Waals surface area contributed by atoms with Crippen molar-refractivity contribution in [1.82, 2.24) is 0 Å². The Balaban J connectivity index is 1.75. The number of rotatable bonds is 6. The molecule has 0 saturated heterocycles. The average Bonchev–Trinajstić information content (AvgIpc) is 2.47. The molecule has 110 valence electrons. The molecule has 0 aliphatic heterocycles. The molecule has 2 aromatic carbocycles. The molecule has 4 heteroatoms. The fourth-order valence-electron chi connectivity index (χ4n) is 1.81. The molecule has 1 atom stereocenters. The highest BCUT2D eigenvalue weighted by atomic mass is 35.5. The van der Waals surface area contributed by atoms with Gasteiger partial charge in [-0.1, -0.05) is 41.9 Å². The van der Waals surface area contributed by atoms with Crippen molar-refractivity contribution in [1.29, 1.82) is 0 Å². The lowest BCUT2D eigenvalue weighted by molar-refractivity contribution is -0.148. The Labute approximate surface area is 129 Å². The molecule has 3 nitrogen and oxygen atoms in total. The topological polar surface area (TPSA) is 35.5 Å². The highest BCUT2D eigenvalue weighted by Gasteiger charge is 2.11.